The number of carbonyl (C=O) groups is 2. The third-order valence-corrected chi connectivity index (χ3v) is 6.65. The lowest BCUT2D eigenvalue weighted by molar-refractivity contribution is -0.120. The molecule has 172 valence electrons. The normalized spacial score (nSPS) is 17.3. The molecule has 2 aromatic carbocycles. The number of nitrogens with zero attached hydrogens (tertiary/aromatic N) is 3. The largest absolute Gasteiger partial charge is 0.423 e. The highest BCUT2D eigenvalue weighted by atomic mass is 16.4. The molecule has 0 spiro atoms. The number of amides is 2. The summed E-state index contributed by atoms with van der Waals surface area (Å²) in [5.74, 6) is -0.633. The van der Waals surface area contributed by atoms with Crippen molar-refractivity contribution in [1.29, 1.82) is 0 Å². The predicted molar refractivity (Wildman–Crippen MR) is 129 cm³/mol. The molecular formula is C25H29N5O3. The summed E-state index contributed by atoms with van der Waals surface area (Å²) in [6.07, 6.45) is 4.88. The average Bonchev–Trinajstić information content (AvgIpc) is 3.29. The third kappa shape index (κ3) is 4.51. The number of anilines is 3. The van der Waals surface area contributed by atoms with Gasteiger partial charge in [-0.05, 0) is 62.4 Å². The van der Waals surface area contributed by atoms with Crippen molar-refractivity contribution in [3.8, 4) is 0 Å². The van der Waals surface area contributed by atoms with Crippen molar-refractivity contribution in [2.45, 2.75) is 32.1 Å². The van der Waals surface area contributed by atoms with E-state index in [0.29, 0.717) is 43.2 Å². The van der Waals surface area contributed by atoms with Crippen molar-refractivity contribution < 1.29 is 14.0 Å². The number of nitrogens with two attached hydrogens (primary N) is 1. The minimum Gasteiger partial charge on any atom is -0.423 e. The van der Waals surface area contributed by atoms with E-state index in [9.17, 15) is 9.59 Å². The Bertz CT molecular complexity index is 1130. The highest BCUT2D eigenvalue weighted by molar-refractivity contribution is 6.00. The van der Waals surface area contributed by atoms with Crippen LogP contribution >= 0.6 is 0 Å². The highest BCUT2D eigenvalue weighted by Gasteiger charge is 2.28. The minimum absolute atomic E-state index is 0.0212. The van der Waals surface area contributed by atoms with Crippen molar-refractivity contribution in [3.05, 3.63) is 48.0 Å². The van der Waals surface area contributed by atoms with Gasteiger partial charge >= 0.3 is 0 Å². The van der Waals surface area contributed by atoms with Crippen LogP contribution in [0.4, 0.5) is 17.4 Å². The zero-order chi connectivity index (χ0) is 22.8. The molecule has 2 aliphatic rings. The van der Waals surface area contributed by atoms with E-state index in [1.54, 1.807) is 12.1 Å². The van der Waals surface area contributed by atoms with Crippen LogP contribution in [0, 0.1) is 5.92 Å². The number of para-hydroxylation sites is 2. The number of carbonyl (C=O) groups excluding carboxylic acids is 2. The van der Waals surface area contributed by atoms with Crippen LogP contribution in [0.25, 0.3) is 11.1 Å². The molecule has 8 heteroatoms. The maximum atomic E-state index is 13.2. The van der Waals surface area contributed by atoms with Crippen LogP contribution in [-0.4, -0.2) is 43.0 Å². The van der Waals surface area contributed by atoms with Crippen LogP contribution in [0.1, 0.15) is 42.5 Å². The first kappa shape index (κ1) is 21.3. The summed E-state index contributed by atoms with van der Waals surface area (Å²) in [6.45, 7) is 3.29. The smallest absolute Gasteiger partial charge is 0.298 e. The molecule has 0 bridgehead atoms. The number of piperidine rings is 2. The Morgan fingerprint density at radius 1 is 0.970 bits per heavy atom. The fourth-order valence-corrected chi connectivity index (χ4v) is 4.76. The van der Waals surface area contributed by atoms with Crippen molar-refractivity contribution in [2.24, 2.45) is 11.7 Å². The molecule has 3 aromatic rings. The van der Waals surface area contributed by atoms with Gasteiger partial charge in [0.1, 0.15) is 5.52 Å². The summed E-state index contributed by atoms with van der Waals surface area (Å²) >= 11 is 0. The second-order valence-corrected chi connectivity index (χ2v) is 8.86. The molecule has 0 aliphatic carbocycles. The van der Waals surface area contributed by atoms with Crippen LogP contribution in [0.5, 0.6) is 0 Å². The Kier molecular flexibility index (Phi) is 5.90. The summed E-state index contributed by atoms with van der Waals surface area (Å²) in [6, 6.07) is 13.7. The Balaban J connectivity index is 1.27. The van der Waals surface area contributed by atoms with Gasteiger partial charge in [0.15, 0.2) is 5.58 Å². The van der Waals surface area contributed by atoms with E-state index in [0.717, 1.165) is 42.7 Å². The Morgan fingerprint density at radius 2 is 1.73 bits per heavy atom. The molecule has 2 aliphatic heterocycles. The van der Waals surface area contributed by atoms with E-state index < -0.39 is 5.91 Å². The Hall–Kier alpha value is -3.55. The zero-order valence-electron chi connectivity index (χ0n) is 18.6. The van der Waals surface area contributed by atoms with Gasteiger partial charge in [0, 0.05) is 37.7 Å². The zero-order valence-corrected chi connectivity index (χ0v) is 18.6. The van der Waals surface area contributed by atoms with Gasteiger partial charge in [-0.1, -0.05) is 12.1 Å². The van der Waals surface area contributed by atoms with E-state index >= 15 is 0 Å². The second-order valence-electron chi connectivity index (χ2n) is 8.86. The quantitative estimate of drug-likeness (QED) is 0.617. The highest BCUT2D eigenvalue weighted by Crippen LogP contribution is 2.32. The van der Waals surface area contributed by atoms with Crippen LogP contribution in [-0.2, 0) is 4.79 Å². The number of hydrogen-bond donors (Lipinski definition) is 2. The van der Waals surface area contributed by atoms with E-state index in [2.05, 4.69) is 20.1 Å². The molecule has 5 rings (SSSR count). The first-order valence-electron chi connectivity index (χ1n) is 11.7. The first-order valence-corrected chi connectivity index (χ1v) is 11.7. The predicted octanol–water partition coefficient (Wildman–Crippen LogP) is 3.77. The molecule has 8 nitrogen and oxygen atoms in total. The van der Waals surface area contributed by atoms with Gasteiger partial charge in [-0.3, -0.25) is 9.59 Å². The number of primary amides is 1. The number of hydrogen-bond acceptors (Lipinski definition) is 6. The molecule has 3 heterocycles. The number of nitrogens with one attached hydrogen (secondary N) is 1. The number of aromatic nitrogens is 1. The minimum atomic E-state index is -0.498. The van der Waals surface area contributed by atoms with Gasteiger partial charge < -0.3 is 25.3 Å². The van der Waals surface area contributed by atoms with E-state index in [1.165, 1.54) is 6.42 Å². The first-order chi connectivity index (χ1) is 16.1. The van der Waals surface area contributed by atoms with Crippen molar-refractivity contribution in [3.63, 3.8) is 0 Å². The SMILES string of the molecule is NC(=O)c1ccc(N2CCCCC2)c(NC(=O)C2CCN(c3nc4ccccc4o3)CC2)c1. The van der Waals surface area contributed by atoms with Crippen molar-refractivity contribution in [1.82, 2.24) is 4.98 Å². The van der Waals surface area contributed by atoms with Crippen LogP contribution in [0.3, 0.4) is 0 Å². The van der Waals surface area contributed by atoms with E-state index in [4.69, 9.17) is 10.2 Å². The fourth-order valence-electron chi connectivity index (χ4n) is 4.76. The van der Waals surface area contributed by atoms with Gasteiger partial charge in [0.25, 0.3) is 6.01 Å². The van der Waals surface area contributed by atoms with Crippen LogP contribution < -0.4 is 20.9 Å². The molecule has 2 saturated heterocycles. The summed E-state index contributed by atoms with van der Waals surface area (Å²) in [5.41, 5.74) is 9.13. The number of benzene rings is 2. The maximum Gasteiger partial charge on any atom is 0.298 e. The van der Waals surface area contributed by atoms with Crippen LogP contribution in [0.15, 0.2) is 46.9 Å². The molecular weight excluding hydrogens is 418 g/mol. The summed E-state index contributed by atoms with van der Waals surface area (Å²) in [4.78, 5) is 33.8. The number of oxazole rings is 1. The van der Waals surface area contributed by atoms with Gasteiger partial charge in [-0.2, -0.15) is 4.98 Å². The average molecular weight is 448 g/mol. The molecule has 0 atom stereocenters. The fraction of sp³-hybridized carbons (Fsp3) is 0.400. The van der Waals surface area contributed by atoms with Gasteiger partial charge in [-0.15, -0.1) is 0 Å². The van der Waals surface area contributed by atoms with Crippen molar-refractivity contribution in [2.75, 3.05) is 41.3 Å². The molecule has 1 aromatic heterocycles. The summed E-state index contributed by atoms with van der Waals surface area (Å²) < 4.78 is 5.88. The molecule has 0 saturated carbocycles. The third-order valence-electron chi connectivity index (χ3n) is 6.65. The van der Waals surface area contributed by atoms with Gasteiger partial charge in [0.05, 0.1) is 11.4 Å². The van der Waals surface area contributed by atoms with E-state index in [-0.39, 0.29) is 11.8 Å². The van der Waals surface area contributed by atoms with Gasteiger partial charge in [-0.25, -0.2) is 0 Å². The molecule has 0 unspecified atom stereocenters. The number of fused-ring (bicyclic) bond motifs is 1. The van der Waals surface area contributed by atoms with Crippen molar-refractivity contribution >= 4 is 40.3 Å². The van der Waals surface area contributed by atoms with Gasteiger partial charge in [0.2, 0.25) is 11.8 Å². The molecule has 3 N–H and O–H groups in total. The number of rotatable bonds is 5. The molecule has 2 amide bonds. The summed E-state index contributed by atoms with van der Waals surface area (Å²) in [7, 11) is 0. The molecule has 2 fully saturated rings. The topological polar surface area (TPSA) is 105 Å². The maximum absolute atomic E-state index is 13.2. The monoisotopic (exact) mass is 447 g/mol. The Morgan fingerprint density at radius 3 is 2.45 bits per heavy atom. The standard InChI is InChI=1S/C25H29N5O3/c26-23(31)18-8-9-21(29-12-4-1-5-13-29)20(16-18)27-24(32)17-10-14-30(15-11-17)25-28-19-6-2-3-7-22(19)33-25/h2-3,6-9,16-17H,1,4-5,10-15H2,(H2,26,31)(H,27,32). The molecule has 33 heavy (non-hydrogen) atoms. The Labute approximate surface area is 192 Å². The lowest BCUT2D eigenvalue weighted by atomic mass is 9.96. The lowest BCUT2D eigenvalue weighted by Gasteiger charge is -2.32. The second kappa shape index (κ2) is 9.13. The molecule has 0 radical (unpaired) electrons. The van der Waals surface area contributed by atoms with Crippen LogP contribution in [0.2, 0.25) is 0 Å². The lowest BCUT2D eigenvalue weighted by Crippen LogP contribution is -2.38. The van der Waals surface area contributed by atoms with E-state index in [1.807, 2.05) is 30.3 Å². The summed E-state index contributed by atoms with van der Waals surface area (Å²) in [5, 5.41) is 3.10.